The first-order valence-electron chi connectivity index (χ1n) is 10.3. The maximum Gasteiger partial charge on any atom is 0.410 e. The molecule has 3 aliphatic heterocycles. The molecule has 3 saturated heterocycles. The second kappa shape index (κ2) is 10.2. The highest BCUT2D eigenvalue weighted by molar-refractivity contribution is 5.86. The Balaban J connectivity index is 0.00000160. The van der Waals surface area contributed by atoms with Gasteiger partial charge >= 0.3 is 6.09 Å². The minimum atomic E-state index is -0.746. The van der Waals surface area contributed by atoms with Crippen molar-refractivity contribution in [2.75, 3.05) is 39.3 Å². The number of hydrogen-bond acceptors (Lipinski definition) is 5. The number of hydrogen-bond donors (Lipinski definition) is 2. The van der Waals surface area contributed by atoms with E-state index in [2.05, 4.69) is 17.4 Å². The van der Waals surface area contributed by atoms with Crippen molar-refractivity contribution < 1.29 is 14.3 Å². The minimum Gasteiger partial charge on any atom is -0.441 e. The zero-order valence-corrected chi connectivity index (χ0v) is 18.8. The van der Waals surface area contributed by atoms with Crippen LogP contribution < -0.4 is 11.1 Å². The first-order chi connectivity index (χ1) is 13.5. The van der Waals surface area contributed by atoms with Gasteiger partial charge in [-0.3, -0.25) is 4.79 Å². The maximum atomic E-state index is 12.9. The van der Waals surface area contributed by atoms with Crippen LogP contribution in [-0.4, -0.2) is 72.2 Å². The van der Waals surface area contributed by atoms with Crippen LogP contribution in [0.2, 0.25) is 0 Å². The fourth-order valence-electron chi connectivity index (χ4n) is 4.55. The molecule has 0 atom stereocenters. The topological polar surface area (TPSA) is 87.9 Å². The van der Waals surface area contributed by atoms with E-state index in [1.54, 1.807) is 0 Å². The van der Waals surface area contributed by atoms with Crippen molar-refractivity contribution in [3.63, 3.8) is 0 Å². The summed E-state index contributed by atoms with van der Waals surface area (Å²) in [7, 11) is 0. The number of nitrogens with zero attached hydrogens (tertiary/aromatic N) is 2. The predicted octanol–water partition coefficient (Wildman–Crippen LogP) is 1.97. The smallest absolute Gasteiger partial charge is 0.410 e. The van der Waals surface area contributed by atoms with Crippen LogP contribution in [-0.2, 0) is 16.0 Å². The van der Waals surface area contributed by atoms with Crippen LogP contribution in [0.15, 0.2) is 30.3 Å². The van der Waals surface area contributed by atoms with Crippen LogP contribution in [0.5, 0.6) is 0 Å². The van der Waals surface area contributed by atoms with E-state index in [0.29, 0.717) is 51.9 Å². The Labute approximate surface area is 190 Å². The minimum absolute atomic E-state index is 0. The summed E-state index contributed by atoms with van der Waals surface area (Å²) in [5, 5.41) is 3.26. The standard InChI is InChI=1S/C21H30N4O3.2ClH/c22-21(7-11-23-12-8-21)18(26)24-14-9-20(10-15-24)16-25(19(27)28-20)13-6-17-4-2-1-3-5-17;;/h1-5,23H,6-16,22H2;2*1H. The van der Waals surface area contributed by atoms with E-state index in [0.717, 1.165) is 19.5 Å². The van der Waals surface area contributed by atoms with Crippen molar-refractivity contribution in [3.05, 3.63) is 35.9 Å². The molecule has 4 rings (SSSR count). The molecule has 1 aromatic rings. The Kier molecular flexibility index (Phi) is 8.39. The lowest BCUT2D eigenvalue weighted by Crippen LogP contribution is -2.62. The zero-order chi connectivity index (χ0) is 19.6. The number of likely N-dealkylation sites (tertiary alicyclic amines) is 1. The number of rotatable bonds is 4. The SMILES string of the molecule is Cl.Cl.NC1(C(=O)N2CCC3(CC2)CN(CCc2ccccc2)C(=O)O3)CCNCC1. The molecule has 30 heavy (non-hydrogen) atoms. The Morgan fingerprint density at radius 3 is 2.33 bits per heavy atom. The van der Waals surface area contributed by atoms with E-state index in [9.17, 15) is 9.59 Å². The van der Waals surface area contributed by atoms with E-state index in [1.165, 1.54) is 5.56 Å². The number of piperidine rings is 2. The Morgan fingerprint density at radius 1 is 1.07 bits per heavy atom. The van der Waals surface area contributed by atoms with Crippen LogP contribution in [0.25, 0.3) is 0 Å². The van der Waals surface area contributed by atoms with Gasteiger partial charge in [0.25, 0.3) is 0 Å². The second-order valence-electron chi connectivity index (χ2n) is 8.41. The summed E-state index contributed by atoms with van der Waals surface area (Å²) in [4.78, 5) is 29.0. The second-order valence-corrected chi connectivity index (χ2v) is 8.41. The number of carbonyl (C=O) groups excluding carboxylic acids is 2. The summed E-state index contributed by atoms with van der Waals surface area (Å²) in [6, 6.07) is 10.2. The van der Waals surface area contributed by atoms with Gasteiger partial charge in [0, 0.05) is 32.5 Å². The molecule has 9 heteroatoms. The van der Waals surface area contributed by atoms with Crippen molar-refractivity contribution in [3.8, 4) is 0 Å². The van der Waals surface area contributed by atoms with Crippen molar-refractivity contribution >= 4 is 36.8 Å². The van der Waals surface area contributed by atoms with Crippen LogP contribution in [0.1, 0.15) is 31.2 Å². The first-order valence-corrected chi connectivity index (χ1v) is 10.3. The molecule has 1 aromatic carbocycles. The van der Waals surface area contributed by atoms with Crippen LogP contribution in [0, 0.1) is 0 Å². The highest BCUT2D eigenvalue weighted by Gasteiger charge is 2.49. The summed E-state index contributed by atoms with van der Waals surface area (Å²) >= 11 is 0. The lowest BCUT2D eigenvalue weighted by atomic mass is 9.85. The van der Waals surface area contributed by atoms with Crippen molar-refractivity contribution in [1.29, 1.82) is 0 Å². The number of benzene rings is 1. The average Bonchev–Trinajstić information content (AvgIpc) is 3.02. The maximum absolute atomic E-state index is 12.9. The van der Waals surface area contributed by atoms with Gasteiger partial charge in [-0.25, -0.2) is 4.79 Å². The summed E-state index contributed by atoms with van der Waals surface area (Å²) in [5.41, 5.74) is 6.40. The summed E-state index contributed by atoms with van der Waals surface area (Å²) in [6.07, 6.45) is 3.30. The number of amides is 2. The van der Waals surface area contributed by atoms with Crippen molar-refractivity contribution in [1.82, 2.24) is 15.1 Å². The summed E-state index contributed by atoms with van der Waals surface area (Å²) in [5.74, 6) is 0.0501. The number of nitrogens with two attached hydrogens (primary N) is 1. The molecule has 0 radical (unpaired) electrons. The number of nitrogens with one attached hydrogen (secondary N) is 1. The zero-order valence-electron chi connectivity index (χ0n) is 17.2. The Morgan fingerprint density at radius 2 is 1.70 bits per heavy atom. The summed E-state index contributed by atoms with van der Waals surface area (Å²) in [6.45, 7) is 4.04. The number of halogens is 2. The van der Waals surface area contributed by atoms with E-state index < -0.39 is 11.1 Å². The average molecular weight is 459 g/mol. The van der Waals surface area contributed by atoms with Crippen LogP contribution >= 0.6 is 24.8 Å². The van der Waals surface area contributed by atoms with Gasteiger partial charge in [0.1, 0.15) is 5.60 Å². The van der Waals surface area contributed by atoms with Gasteiger partial charge in [-0.05, 0) is 37.9 Å². The predicted molar refractivity (Wildman–Crippen MR) is 120 cm³/mol. The van der Waals surface area contributed by atoms with Gasteiger partial charge in [0.15, 0.2) is 0 Å². The third-order valence-corrected chi connectivity index (χ3v) is 6.44. The third-order valence-electron chi connectivity index (χ3n) is 6.44. The molecular formula is C21H32Cl2N4O3. The van der Waals surface area contributed by atoms with Gasteiger partial charge in [0.05, 0.1) is 12.1 Å². The molecule has 3 heterocycles. The molecule has 3 N–H and O–H groups in total. The molecule has 0 aromatic heterocycles. The molecular weight excluding hydrogens is 427 g/mol. The lowest BCUT2D eigenvalue weighted by molar-refractivity contribution is -0.141. The van der Waals surface area contributed by atoms with Gasteiger partial charge in [-0.2, -0.15) is 0 Å². The van der Waals surface area contributed by atoms with Gasteiger partial charge in [-0.15, -0.1) is 24.8 Å². The highest BCUT2D eigenvalue weighted by atomic mass is 35.5. The van der Waals surface area contributed by atoms with Gasteiger partial charge < -0.3 is 25.6 Å². The molecule has 168 valence electrons. The van der Waals surface area contributed by atoms with E-state index in [4.69, 9.17) is 10.5 Å². The van der Waals surface area contributed by atoms with Crippen LogP contribution in [0.4, 0.5) is 4.79 Å². The van der Waals surface area contributed by atoms with E-state index in [1.807, 2.05) is 28.0 Å². The largest absolute Gasteiger partial charge is 0.441 e. The van der Waals surface area contributed by atoms with Crippen molar-refractivity contribution in [2.45, 2.75) is 43.2 Å². The van der Waals surface area contributed by atoms with Crippen molar-refractivity contribution in [2.24, 2.45) is 5.73 Å². The monoisotopic (exact) mass is 458 g/mol. The fourth-order valence-corrected chi connectivity index (χ4v) is 4.55. The molecule has 2 amide bonds. The first kappa shape index (κ1) is 24.7. The van der Waals surface area contributed by atoms with Crippen LogP contribution in [0.3, 0.4) is 0 Å². The number of carbonyl (C=O) groups is 2. The highest BCUT2D eigenvalue weighted by Crippen LogP contribution is 2.34. The van der Waals surface area contributed by atoms with Gasteiger partial charge in [0.2, 0.25) is 5.91 Å². The molecule has 0 bridgehead atoms. The molecule has 3 aliphatic rings. The van der Waals surface area contributed by atoms with E-state index in [-0.39, 0.29) is 36.8 Å². The van der Waals surface area contributed by atoms with Gasteiger partial charge in [-0.1, -0.05) is 30.3 Å². The quantitative estimate of drug-likeness (QED) is 0.719. The fraction of sp³-hybridized carbons (Fsp3) is 0.619. The lowest BCUT2D eigenvalue weighted by Gasteiger charge is -2.42. The number of ether oxygens (including phenoxy) is 1. The normalized spacial score (nSPS) is 22.1. The molecule has 1 spiro atoms. The molecule has 7 nitrogen and oxygen atoms in total. The molecule has 0 saturated carbocycles. The third kappa shape index (κ3) is 5.19. The molecule has 3 fully saturated rings. The Bertz CT molecular complexity index is 720. The summed E-state index contributed by atoms with van der Waals surface area (Å²) < 4.78 is 5.80. The molecule has 0 aliphatic carbocycles. The molecule has 0 unspecified atom stereocenters. The van der Waals surface area contributed by atoms with E-state index >= 15 is 0 Å². The Hall–Kier alpha value is -1.54.